The van der Waals surface area contributed by atoms with Gasteiger partial charge in [-0.25, -0.2) is 13.6 Å². The Morgan fingerprint density at radius 1 is 0.842 bits per heavy atom. The van der Waals surface area contributed by atoms with Gasteiger partial charge >= 0.3 is 5.43 Å². The molecule has 0 saturated heterocycles. The molecule has 2 aromatic carbocycles. The minimum atomic E-state index is -1.04. The number of carbonyl (C=O) groups excluding carboxylic acids is 3. The molecule has 0 radical (unpaired) electrons. The summed E-state index contributed by atoms with van der Waals surface area (Å²) in [5, 5.41) is 5.70. The number of hydrogen-bond donors (Lipinski definition) is 2. The van der Waals surface area contributed by atoms with Crippen molar-refractivity contribution in [3.8, 4) is 11.5 Å². The molecular formula is C25H23Cl3F2N2O6. The van der Waals surface area contributed by atoms with E-state index in [1.807, 2.05) is 0 Å². The van der Waals surface area contributed by atoms with Crippen LogP contribution in [0.25, 0.3) is 0 Å². The number of nitrogens with one attached hydrogen (secondary N) is 2. The van der Waals surface area contributed by atoms with Gasteiger partial charge in [0.2, 0.25) is 0 Å². The van der Waals surface area contributed by atoms with E-state index in [4.69, 9.17) is 49.0 Å². The highest BCUT2D eigenvalue weighted by Crippen LogP contribution is 2.48. The summed E-state index contributed by atoms with van der Waals surface area (Å²) >= 11 is 16.8. The fraction of sp³-hybridized carbons (Fsp3) is 0.400. The van der Waals surface area contributed by atoms with Crippen molar-refractivity contribution >= 4 is 52.0 Å². The fourth-order valence-corrected chi connectivity index (χ4v) is 5.32. The lowest BCUT2D eigenvalue weighted by Gasteiger charge is -2.56. The van der Waals surface area contributed by atoms with E-state index >= 15 is 0 Å². The summed E-state index contributed by atoms with van der Waals surface area (Å²) in [6, 6.07) is 7.65. The van der Waals surface area contributed by atoms with Crippen LogP contribution in [-0.2, 0) is 14.3 Å². The number of halogens is 5. The summed E-state index contributed by atoms with van der Waals surface area (Å²) in [4.78, 5) is 37.0. The second-order valence-corrected chi connectivity index (χ2v) is 10.4. The summed E-state index contributed by atoms with van der Waals surface area (Å²) in [6.07, 6.45) is 1.11. The zero-order valence-electron chi connectivity index (χ0n) is 19.8. The maximum absolute atomic E-state index is 13.6. The third-order valence-electron chi connectivity index (χ3n) is 6.84. The number of ether oxygens (including phenoxy) is 3. The predicted octanol–water partition coefficient (Wildman–Crippen LogP) is 5.16. The molecule has 1 atom stereocenters. The Kier molecular flexibility index (Phi) is 8.54. The molecule has 3 saturated carbocycles. The Labute approximate surface area is 231 Å². The number of rotatable bonds is 9. The molecule has 3 fully saturated rings. The maximum atomic E-state index is 13.6. The molecule has 2 N–H and O–H groups in total. The van der Waals surface area contributed by atoms with Crippen molar-refractivity contribution < 1.29 is 37.4 Å². The van der Waals surface area contributed by atoms with E-state index < -0.39 is 52.7 Å². The van der Waals surface area contributed by atoms with Gasteiger partial charge in [0.15, 0.2) is 13.2 Å². The lowest BCUT2D eigenvalue weighted by atomic mass is 9.59. The molecule has 204 valence electrons. The average molecular weight is 592 g/mol. The van der Waals surface area contributed by atoms with E-state index in [-0.39, 0.29) is 34.6 Å². The fourth-order valence-electron chi connectivity index (χ4n) is 4.98. The van der Waals surface area contributed by atoms with Gasteiger partial charge in [-0.1, -0.05) is 23.2 Å². The summed E-state index contributed by atoms with van der Waals surface area (Å²) < 4.78 is 43.3. The van der Waals surface area contributed by atoms with Gasteiger partial charge in [0, 0.05) is 35.7 Å². The zero-order chi connectivity index (χ0) is 27.5. The van der Waals surface area contributed by atoms with Crippen molar-refractivity contribution in [1.29, 1.82) is 0 Å². The predicted molar refractivity (Wildman–Crippen MR) is 135 cm³/mol. The summed E-state index contributed by atoms with van der Waals surface area (Å²) in [6.45, 7) is -0.776. The van der Waals surface area contributed by atoms with Gasteiger partial charge in [0.25, 0.3) is 11.8 Å². The first-order valence-corrected chi connectivity index (χ1v) is 12.8. The van der Waals surface area contributed by atoms with Crippen LogP contribution in [0.5, 0.6) is 11.5 Å². The van der Waals surface area contributed by atoms with Crippen molar-refractivity contribution in [2.24, 2.45) is 0 Å². The number of carbonyl (C=O) groups is 3. The molecule has 0 heterocycles. The van der Waals surface area contributed by atoms with Gasteiger partial charge in [0.1, 0.15) is 29.2 Å². The molecule has 2 amide bonds. The minimum Gasteiger partial charge on any atom is -0.484 e. The molecule has 0 spiro atoms. The highest BCUT2D eigenvalue weighted by atomic mass is 35.5. The number of hydrogen-bond acceptors (Lipinski definition) is 6. The van der Waals surface area contributed by atoms with Crippen LogP contribution < -0.4 is 20.1 Å². The van der Waals surface area contributed by atoms with Gasteiger partial charge in [-0.15, -0.1) is 0 Å². The zero-order valence-corrected chi connectivity index (χ0v) is 22.1. The van der Waals surface area contributed by atoms with E-state index in [0.717, 1.165) is 12.1 Å². The summed E-state index contributed by atoms with van der Waals surface area (Å²) in [7, 11) is 0. The quantitative estimate of drug-likeness (QED) is 0.391. The Morgan fingerprint density at radius 3 is 1.82 bits per heavy atom. The van der Waals surface area contributed by atoms with Crippen LogP contribution in [0.4, 0.5) is 13.6 Å². The average Bonchev–Trinajstić information content (AvgIpc) is 2.86. The van der Waals surface area contributed by atoms with Crippen LogP contribution in [0.2, 0.25) is 10.0 Å². The summed E-state index contributed by atoms with van der Waals surface area (Å²) in [5.41, 5.74) is -2.68. The molecule has 3 aliphatic carbocycles. The molecule has 2 bridgehead atoms. The van der Waals surface area contributed by atoms with E-state index in [1.165, 1.54) is 24.3 Å². The number of benzene rings is 2. The first-order valence-electron chi connectivity index (χ1n) is 11.6. The van der Waals surface area contributed by atoms with E-state index in [0.29, 0.717) is 25.7 Å². The van der Waals surface area contributed by atoms with Gasteiger partial charge < -0.3 is 24.8 Å². The van der Waals surface area contributed by atoms with E-state index in [1.54, 1.807) is 0 Å². The maximum Gasteiger partial charge on any atom is 0.404 e. The molecule has 13 heteroatoms. The second kappa shape index (κ2) is 11.5. The molecular weight excluding hydrogens is 569 g/mol. The molecule has 38 heavy (non-hydrogen) atoms. The van der Waals surface area contributed by atoms with Crippen LogP contribution in [0, 0.1) is 11.6 Å². The third-order valence-corrected chi connectivity index (χ3v) is 7.54. The normalized spacial score (nSPS) is 23.9. The second-order valence-electron chi connectivity index (χ2n) is 9.31. The SMILES string of the molecule is O=C(COc1ccc(Cl)c(F)c1)NC12CCC(NC(=O)COc3ccc(Cl)c(F)c3)(CC1)C(OC(=O)Cl)C2. The molecule has 2 aromatic rings. The van der Waals surface area contributed by atoms with Gasteiger partial charge in [-0.2, -0.15) is 0 Å². The van der Waals surface area contributed by atoms with Crippen molar-refractivity contribution in [3.63, 3.8) is 0 Å². The smallest absolute Gasteiger partial charge is 0.404 e. The van der Waals surface area contributed by atoms with Crippen LogP contribution in [0.1, 0.15) is 32.1 Å². The monoisotopic (exact) mass is 590 g/mol. The Balaban J connectivity index is 1.36. The topological polar surface area (TPSA) is 103 Å². The van der Waals surface area contributed by atoms with Crippen molar-refractivity contribution in [2.75, 3.05) is 13.2 Å². The molecule has 0 aliphatic heterocycles. The van der Waals surface area contributed by atoms with E-state index in [2.05, 4.69) is 10.6 Å². The van der Waals surface area contributed by atoms with Crippen LogP contribution in [0.15, 0.2) is 36.4 Å². The van der Waals surface area contributed by atoms with Crippen LogP contribution in [-0.4, -0.2) is 47.6 Å². The van der Waals surface area contributed by atoms with Gasteiger partial charge in [-0.05, 0) is 49.9 Å². The minimum absolute atomic E-state index is 0.0639. The lowest BCUT2D eigenvalue weighted by Crippen LogP contribution is -2.71. The Morgan fingerprint density at radius 2 is 1.34 bits per heavy atom. The Hall–Kier alpha value is -2.82. The Bertz CT molecular complexity index is 1240. The van der Waals surface area contributed by atoms with Gasteiger partial charge in [0.05, 0.1) is 15.6 Å². The van der Waals surface area contributed by atoms with Crippen LogP contribution >= 0.6 is 34.8 Å². The third kappa shape index (κ3) is 6.59. The number of fused-ring (bicyclic) bond motifs is 3. The molecule has 8 nitrogen and oxygen atoms in total. The first kappa shape index (κ1) is 28.2. The van der Waals surface area contributed by atoms with Crippen molar-refractivity contribution in [1.82, 2.24) is 10.6 Å². The van der Waals surface area contributed by atoms with E-state index in [9.17, 15) is 23.2 Å². The van der Waals surface area contributed by atoms with Crippen molar-refractivity contribution in [2.45, 2.75) is 49.3 Å². The highest BCUT2D eigenvalue weighted by molar-refractivity contribution is 6.61. The van der Waals surface area contributed by atoms with Gasteiger partial charge in [-0.3, -0.25) is 9.59 Å². The van der Waals surface area contributed by atoms with Crippen molar-refractivity contribution in [3.05, 3.63) is 58.1 Å². The molecule has 0 aromatic heterocycles. The number of amides is 2. The first-order chi connectivity index (χ1) is 18.0. The largest absolute Gasteiger partial charge is 0.484 e. The van der Waals surface area contributed by atoms with Crippen LogP contribution in [0.3, 0.4) is 0 Å². The lowest BCUT2D eigenvalue weighted by molar-refractivity contribution is -0.136. The summed E-state index contributed by atoms with van der Waals surface area (Å²) in [5.74, 6) is -2.03. The molecule has 3 aliphatic rings. The molecule has 5 rings (SSSR count). The highest BCUT2D eigenvalue weighted by Gasteiger charge is 2.57. The standard InChI is InChI=1S/C25H23Cl3F2N2O6/c26-16-3-1-14(9-18(16)29)36-12-21(33)31-24-5-7-25(8-6-24,20(11-24)38-23(28)35)32-22(34)13-37-15-2-4-17(27)19(30)10-15/h1-4,9-10,20H,5-8,11-13H2,(H,31,33)(H,32,34). The molecule has 1 unspecified atom stereocenters.